The number of benzene rings is 2. The van der Waals surface area contributed by atoms with Gasteiger partial charge in [0, 0.05) is 5.39 Å². The highest BCUT2D eigenvalue weighted by atomic mass is 19.1. The number of carbonyl (C=O) groups is 1. The molecule has 0 fully saturated rings. The van der Waals surface area contributed by atoms with E-state index in [0.717, 1.165) is 22.2 Å². The second-order valence-corrected chi connectivity index (χ2v) is 7.85. The minimum atomic E-state index is -0.612. The van der Waals surface area contributed by atoms with E-state index in [0.29, 0.717) is 6.42 Å². The molecular formula is C22H25FN2O2. The first-order chi connectivity index (χ1) is 12.7. The van der Waals surface area contributed by atoms with Gasteiger partial charge in [0.1, 0.15) is 5.82 Å². The molecule has 0 bridgehead atoms. The maximum Gasteiger partial charge on any atom is 0.311 e. The predicted molar refractivity (Wildman–Crippen MR) is 105 cm³/mol. The van der Waals surface area contributed by atoms with Crippen LogP contribution in [-0.2, 0) is 16.0 Å². The summed E-state index contributed by atoms with van der Waals surface area (Å²) in [6.45, 7) is 8.06. The fourth-order valence-electron chi connectivity index (χ4n) is 3.44. The number of ether oxygens (including phenoxy) is 1. The topological polar surface area (TPSA) is 44.1 Å². The molecule has 0 saturated heterocycles. The lowest BCUT2D eigenvalue weighted by Crippen LogP contribution is -2.28. The number of halogens is 1. The van der Waals surface area contributed by atoms with Crippen LogP contribution in [0.25, 0.3) is 16.6 Å². The first kappa shape index (κ1) is 19.1. The van der Waals surface area contributed by atoms with Gasteiger partial charge >= 0.3 is 5.97 Å². The first-order valence-electron chi connectivity index (χ1n) is 9.08. The van der Waals surface area contributed by atoms with Crippen LogP contribution in [0.1, 0.15) is 44.7 Å². The summed E-state index contributed by atoms with van der Waals surface area (Å²) in [5, 5.41) is 5.47. The summed E-state index contributed by atoms with van der Waals surface area (Å²) in [6, 6.07) is 10.5. The molecule has 0 N–H and O–H groups in total. The number of esters is 1. The quantitative estimate of drug-likeness (QED) is 0.593. The van der Waals surface area contributed by atoms with Gasteiger partial charge in [-0.1, -0.05) is 13.8 Å². The summed E-state index contributed by atoms with van der Waals surface area (Å²) >= 11 is 0. The van der Waals surface area contributed by atoms with Gasteiger partial charge in [-0.05, 0) is 73.7 Å². The number of fused-ring (bicyclic) bond motifs is 1. The Morgan fingerprint density at radius 2 is 1.89 bits per heavy atom. The van der Waals surface area contributed by atoms with Crippen LogP contribution in [0, 0.1) is 11.2 Å². The first-order valence-corrected chi connectivity index (χ1v) is 9.08. The van der Waals surface area contributed by atoms with Crippen molar-refractivity contribution in [3.05, 3.63) is 59.5 Å². The van der Waals surface area contributed by atoms with Gasteiger partial charge in [-0.15, -0.1) is 0 Å². The Morgan fingerprint density at radius 3 is 2.48 bits per heavy atom. The van der Waals surface area contributed by atoms with Gasteiger partial charge in [-0.25, -0.2) is 9.07 Å². The maximum absolute atomic E-state index is 13.2. The van der Waals surface area contributed by atoms with Crippen LogP contribution in [0.5, 0.6) is 0 Å². The van der Waals surface area contributed by atoms with Gasteiger partial charge in [0.25, 0.3) is 0 Å². The van der Waals surface area contributed by atoms with Gasteiger partial charge in [0.05, 0.1) is 29.9 Å². The normalized spacial score (nSPS) is 12.0. The molecule has 27 heavy (non-hydrogen) atoms. The van der Waals surface area contributed by atoms with Crippen molar-refractivity contribution in [2.75, 3.05) is 7.11 Å². The lowest BCUT2D eigenvalue weighted by molar-refractivity contribution is -0.150. The lowest BCUT2D eigenvalue weighted by Gasteiger charge is -2.24. The zero-order valence-corrected chi connectivity index (χ0v) is 16.4. The van der Waals surface area contributed by atoms with E-state index >= 15 is 0 Å². The minimum absolute atomic E-state index is 0.223. The van der Waals surface area contributed by atoms with Crippen LogP contribution in [0.4, 0.5) is 4.39 Å². The summed E-state index contributed by atoms with van der Waals surface area (Å²) in [5.41, 5.74) is 3.45. The zero-order chi connectivity index (χ0) is 19.8. The fourth-order valence-corrected chi connectivity index (χ4v) is 3.44. The molecule has 1 aromatic heterocycles. The maximum atomic E-state index is 13.2. The molecule has 0 aliphatic heterocycles. The molecule has 0 unspecified atom stereocenters. The summed E-state index contributed by atoms with van der Waals surface area (Å²) in [6.07, 6.45) is 2.39. The molecule has 142 valence electrons. The van der Waals surface area contributed by atoms with Crippen molar-refractivity contribution < 1.29 is 13.9 Å². The van der Waals surface area contributed by atoms with Crippen LogP contribution < -0.4 is 0 Å². The number of nitrogens with zero attached hydrogens (tertiary/aromatic N) is 2. The molecule has 0 aliphatic rings. The van der Waals surface area contributed by atoms with Crippen molar-refractivity contribution >= 4 is 16.9 Å². The molecule has 0 aliphatic carbocycles. The average molecular weight is 368 g/mol. The summed E-state index contributed by atoms with van der Waals surface area (Å²) in [4.78, 5) is 12.1. The monoisotopic (exact) mass is 368 g/mol. The van der Waals surface area contributed by atoms with Gasteiger partial charge in [0.2, 0.25) is 0 Å². The molecule has 0 amide bonds. The van der Waals surface area contributed by atoms with Gasteiger partial charge in [0.15, 0.2) is 0 Å². The van der Waals surface area contributed by atoms with Crippen molar-refractivity contribution in [3.63, 3.8) is 0 Å². The van der Waals surface area contributed by atoms with E-state index in [2.05, 4.69) is 31.1 Å². The van der Waals surface area contributed by atoms with Crippen LogP contribution in [-0.4, -0.2) is 22.9 Å². The van der Waals surface area contributed by atoms with E-state index in [1.54, 1.807) is 18.3 Å². The number of hydrogen-bond acceptors (Lipinski definition) is 3. The Labute approximate surface area is 159 Å². The second kappa shape index (κ2) is 7.14. The molecule has 2 aromatic carbocycles. The third-order valence-corrected chi connectivity index (χ3v) is 4.89. The Hall–Kier alpha value is -2.69. The average Bonchev–Trinajstić information content (AvgIpc) is 3.03. The third-order valence-electron chi connectivity index (χ3n) is 4.89. The van der Waals surface area contributed by atoms with E-state index < -0.39 is 5.41 Å². The third kappa shape index (κ3) is 3.72. The van der Waals surface area contributed by atoms with E-state index in [9.17, 15) is 9.18 Å². The van der Waals surface area contributed by atoms with Crippen molar-refractivity contribution in [3.8, 4) is 5.69 Å². The van der Waals surface area contributed by atoms with E-state index in [1.807, 2.05) is 18.5 Å². The van der Waals surface area contributed by atoms with E-state index in [-0.39, 0.29) is 17.7 Å². The van der Waals surface area contributed by atoms with E-state index in [1.165, 1.54) is 24.8 Å². The molecule has 1 heterocycles. The smallest absolute Gasteiger partial charge is 0.311 e. The fraction of sp³-hybridized carbons (Fsp3) is 0.364. The number of methoxy groups -OCH3 is 1. The summed E-state index contributed by atoms with van der Waals surface area (Å²) in [7, 11) is 1.42. The molecule has 0 atom stereocenters. The van der Waals surface area contributed by atoms with Crippen molar-refractivity contribution in [2.24, 2.45) is 5.41 Å². The molecule has 3 aromatic rings. The van der Waals surface area contributed by atoms with Crippen molar-refractivity contribution in [1.29, 1.82) is 0 Å². The molecule has 0 spiro atoms. The number of aromatic nitrogens is 2. The minimum Gasteiger partial charge on any atom is -0.469 e. The molecule has 0 saturated carbocycles. The predicted octanol–water partition coefficient (Wildman–Crippen LogP) is 5.03. The van der Waals surface area contributed by atoms with Gasteiger partial charge in [-0.3, -0.25) is 4.79 Å². The number of rotatable bonds is 5. The zero-order valence-electron chi connectivity index (χ0n) is 16.4. The standard InChI is InChI=1S/C22H25FN2O2/c1-14(2)19-11-20-16(10-15(19)12-22(3,4)21(26)27-5)13-24-25(20)18-8-6-17(23)7-9-18/h6-11,13-14H,12H2,1-5H3. The highest BCUT2D eigenvalue weighted by Gasteiger charge is 2.30. The molecule has 4 nitrogen and oxygen atoms in total. The van der Waals surface area contributed by atoms with Crippen molar-refractivity contribution in [2.45, 2.75) is 40.0 Å². The number of carbonyl (C=O) groups excluding carboxylic acids is 1. The summed E-state index contributed by atoms with van der Waals surface area (Å²) < 4.78 is 20.0. The van der Waals surface area contributed by atoms with Crippen LogP contribution >= 0.6 is 0 Å². The Morgan fingerprint density at radius 1 is 1.22 bits per heavy atom. The van der Waals surface area contributed by atoms with Gasteiger partial charge < -0.3 is 4.74 Å². The highest BCUT2D eigenvalue weighted by Crippen LogP contribution is 2.32. The number of hydrogen-bond donors (Lipinski definition) is 0. The molecular weight excluding hydrogens is 343 g/mol. The summed E-state index contributed by atoms with van der Waals surface area (Å²) in [5.74, 6) is -0.209. The molecule has 0 radical (unpaired) electrons. The molecule has 3 rings (SSSR count). The van der Waals surface area contributed by atoms with Gasteiger partial charge in [-0.2, -0.15) is 5.10 Å². The highest BCUT2D eigenvalue weighted by molar-refractivity contribution is 5.83. The lowest BCUT2D eigenvalue weighted by atomic mass is 9.82. The molecule has 5 heteroatoms. The van der Waals surface area contributed by atoms with Crippen molar-refractivity contribution in [1.82, 2.24) is 9.78 Å². The van der Waals surface area contributed by atoms with Crippen LogP contribution in [0.3, 0.4) is 0 Å². The SMILES string of the molecule is COC(=O)C(C)(C)Cc1cc2cnn(-c3ccc(F)cc3)c2cc1C(C)C. The second-order valence-electron chi connectivity index (χ2n) is 7.85. The Kier molecular flexibility index (Phi) is 5.05. The van der Waals surface area contributed by atoms with Crippen LogP contribution in [0.15, 0.2) is 42.6 Å². The Balaban J connectivity index is 2.11. The Bertz CT molecular complexity index is 972. The van der Waals surface area contributed by atoms with Crippen LogP contribution in [0.2, 0.25) is 0 Å². The largest absolute Gasteiger partial charge is 0.469 e. The van der Waals surface area contributed by atoms with E-state index in [4.69, 9.17) is 4.74 Å².